The van der Waals surface area contributed by atoms with E-state index in [9.17, 15) is 4.79 Å². The smallest absolute Gasteiger partial charge is 0.220 e. The van der Waals surface area contributed by atoms with Gasteiger partial charge in [0.2, 0.25) is 5.91 Å². The second-order valence-corrected chi connectivity index (χ2v) is 5.86. The summed E-state index contributed by atoms with van der Waals surface area (Å²) in [5.41, 5.74) is 2.09. The molecule has 1 aromatic carbocycles. The Hall–Kier alpha value is -1.91. The van der Waals surface area contributed by atoms with E-state index in [1.807, 2.05) is 43.3 Å². The molecule has 5 heteroatoms. The molecule has 0 saturated carbocycles. The maximum absolute atomic E-state index is 12.1. The van der Waals surface area contributed by atoms with Crippen LogP contribution in [0.2, 0.25) is 5.02 Å². The van der Waals surface area contributed by atoms with Gasteiger partial charge in [-0.3, -0.25) is 9.78 Å². The molecule has 2 atom stereocenters. The minimum atomic E-state index is -0.211. The largest absolute Gasteiger partial charge is 0.375 e. The number of hydrogen-bond donors (Lipinski definition) is 1. The third-order valence-electron chi connectivity index (χ3n) is 3.69. The highest BCUT2D eigenvalue weighted by Gasteiger charge is 2.20. The number of carbonyl (C=O) groups excluding carboxylic acids is 1. The number of carbonyl (C=O) groups is 1. The van der Waals surface area contributed by atoms with Crippen molar-refractivity contribution in [1.29, 1.82) is 0 Å². The van der Waals surface area contributed by atoms with Crippen molar-refractivity contribution in [3.63, 3.8) is 0 Å². The van der Waals surface area contributed by atoms with Crippen LogP contribution in [0.4, 0.5) is 0 Å². The monoisotopic (exact) mass is 332 g/mol. The lowest BCUT2D eigenvalue weighted by Gasteiger charge is -2.24. The van der Waals surface area contributed by atoms with Gasteiger partial charge >= 0.3 is 0 Å². The van der Waals surface area contributed by atoms with E-state index < -0.39 is 0 Å². The predicted octanol–water partition coefficient (Wildman–Crippen LogP) is 3.56. The van der Waals surface area contributed by atoms with Crippen LogP contribution >= 0.6 is 11.6 Å². The second-order valence-electron chi connectivity index (χ2n) is 5.42. The van der Waals surface area contributed by atoms with Gasteiger partial charge in [0.25, 0.3) is 0 Å². The first-order valence-electron chi connectivity index (χ1n) is 7.56. The third-order valence-corrected chi connectivity index (χ3v) is 3.94. The maximum Gasteiger partial charge on any atom is 0.220 e. The van der Waals surface area contributed by atoms with Crippen LogP contribution in [0.3, 0.4) is 0 Å². The second kappa shape index (κ2) is 8.65. The standard InChI is InChI=1S/C18H21ClN2O2/c1-13(18(23-2)15-4-6-16(19)7-5-15)21-17(22)8-3-14-9-11-20-12-10-14/h4-7,9-13,18H,3,8H2,1-2H3,(H,21,22)/t13-,18+/m0/s1. The number of rotatable bonds is 7. The zero-order chi connectivity index (χ0) is 16.7. The average molecular weight is 333 g/mol. The highest BCUT2D eigenvalue weighted by Crippen LogP contribution is 2.22. The molecule has 0 fully saturated rings. The summed E-state index contributed by atoms with van der Waals surface area (Å²) in [5, 5.41) is 3.68. The van der Waals surface area contributed by atoms with Crippen molar-refractivity contribution < 1.29 is 9.53 Å². The molecule has 0 aliphatic rings. The predicted molar refractivity (Wildman–Crippen MR) is 91.4 cm³/mol. The molecule has 1 heterocycles. The summed E-state index contributed by atoms with van der Waals surface area (Å²) in [5.74, 6) is 0.00493. The Labute approximate surface area is 141 Å². The first-order chi connectivity index (χ1) is 11.1. The van der Waals surface area contributed by atoms with Gasteiger partial charge in [0.15, 0.2) is 0 Å². The lowest BCUT2D eigenvalue weighted by molar-refractivity contribution is -0.122. The van der Waals surface area contributed by atoms with Gasteiger partial charge in [0.1, 0.15) is 6.10 Å². The number of benzene rings is 1. The number of halogens is 1. The van der Waals surface area contributed by atoms with Gasteiger partial charge in [0.05, 0.1) is 6.04 Å². The van der Waals surface area contributed by atoms with Gasteiger partial charge in [-0.2, -0.15) is 0 Å². The average Bonchev–Trinajstić information content (AvgIpc) is 2.56. The molecule has 0 spiro atoms. The molecule has 1 N–H and O–H groups in total. The number of aromatic nitrogens is 1. The molecular formula is C18H21ClN2O2. The van der Waals surface area contributed by atoms with Gasteiger partial charge < -0.3 is 10.1 Å². The summed E-state index contributed by atoms with van der Waals surface area (Å²) in [4.78, 5) is 16.1. The van der Waals surface area contributed by atoms with Crippen molar-refractivity contribution in [3.8, 4) is 0 Å². The van der Waals surface area contributed by atoms with Crippen molar-refractivity contribution in [1.82, 2.24) is 10.3 Å². The Morgan fingerprint density at radius 1 is 1.22 bits per heavy atom. The lowest BCUT2D eigenvalue weighted by Crippen LogP contribution is -2.37. The topological polar surface area (TPSA) is 51.2 Å². The summed E-state index contributed by atoms with van der Waals surface area (Å²) < 4.78 is 5.54. The van der Waals surface area contributed by atoms with Crippen LogP contribution in [0.5, 0.6) is 0 Å². The molecule has 0 saturated heterocycles. The Kier molecular flexibility index (Phi) is 6.56. The number of hydrogen-bond acceptors (Lipinski definition) is 3. The van der Waals surface area contributed by atoms with E-state index in [2.05, 4.69) is 10.3 Å². The Morgan fingerprint density at radius 3 is 2.48 bits per heavy atom. The van der Waals surface area contributed by atoms with Gasteiger partial charge in [0, 0.05) is 30.9 Å². The molecule has 1 amide bonds. The first kappa shape index (κ1) is 17.4. The van der Waals surface area contributed by atoms with Crippen LogP contribution in [0.1, 0.15) is 30.6 Å². The summed E-state index contributed by atoms with van der Waals surface area (Å²) in [7, 11) is 1.64. The fourth-order valence-corrected chi connectivity index (χ4v) is 2.62. The van der Waals surface area contributed by atoms with E-state index >= 15 is 0 Å². The molecule has 2 rings (SSSR count). The van der Waals surface area contributed by atoms with E-state index in [1.54, 1.807) is 19.5 Å². The zero-order valence-electron chi connectivity index (χ0n) is 13.3. The Morgan fingerprint density at radius 2 is 1.87 bits per heavy atom. The van der Waals surface area contributed by atoms with Crippen LogP contribution in [-0.2, 0) is 16.0 Å². The van der Waals surface area contributed by atoms with Gasteiger partial charge in [-0.25, -0.2) is 0 Å². The lowest BCUT2D eigenvalue weighted by atomic mass is 10.0. The van der Waals surface area contributed by atoms with Crippen LogP contribution in [0.25, 0.3) is 0 Å². The molecule has 0 aliphatic carbocycles. The van der Waals surface area contributed by atoms with E-state index in [-0.39, 0.29) is 18.1 Å². The highest BCUT2D eigenvalue weighted by molar-refractivity contribution is 6.30. The molecule has 4 nitrogen and oxygen atoms in total. The number of ether oxygens (including phenoxy) is 1. The van der Waals surface area contributed by atoms with Crippen LogP contribution < -0.4 is 5.32 Å². The molecule has 0 aliphatic heterocycles. The van der Waals surface area contributed by atoms with Crippen molar-refractivity contribution in [2.75, 3.05) is 7.11 Å². The van der Waals surface area contributed by atoms with Crippen molar-refractivity contribution >= 4 is 17.5 Å². The van der Waals surface area contributed by atoms with Crippen molar-refractivity contribution in [2.24, 2.45) is 0 Å². The molecule has 0 radical (unpaired) electrons. The van der Waals surface area contributed by atoms with Crippen LogP contribution in [0.15, 0.2) is 48.8 Å². The van der Waals surface area contributed by atoms with Crippen LogP contribution in [-0.4, -0.2) is 24.0 Å². The summed E-state index contributed by atoms with van der Waals surface area (Å²) in [6.45, 7) is 1.94. The van der Waals surface area contributed by atoms with E-state index in [0.29, 0.717) is 17.9 Å². The molecule has 122 valence electrons. The van der Waals surface area contributed by atoms with Crippen LogP contribution in [0, 0.1) is 0 Å². The number of nitrogens with zero attached hydrogens (tertiary/aromatic N) is 1. The molecule has 2 aromatic rings. The Bertz CT molecular complexity index is 617. The third kappa shape index (κ3) is 5.34. The molecule has 0 bridgehead atoms. The number of pyridine rings is 1. The Balaban J connectivity index is 1.89. The fourth-order valence-electron chi connectivity index (χ4n) is 2.49. The molecule has 1 aromatic heterocycles. The van der Waals surface area contributed by atoms with Gasteiger partial charge in [-0.05, 0) is 48.7 Å². The highest BCUT2D eigenvalue weighted by atomic mass is 35.5. The molecule has 23 heavy (non-hydrogen) atoms. The number of amides is 1. The SMILES string of the molecule is CO[C@@H](c1ccc(Cl)cc1)[C@H](C)NC(=O)CCc1ccncc1. The number of nitrogens with one attached hydrogen (secondary N) is 1. The molecule has 0 unspecified atom stereocenters. The number of methoxy groups -OCH3 is 1. The quantitative estimate of drug-likeness (QED) is 0.843. The summed E-state index contributed by atoms with van der Waals surface area (Å²) >= 11 is 5.91. The van der Waals surface area contributed by atoms with E-state index in [1.165, 1.54) is 0 Å². The van der Waals surface area contributed by atoms with E-state index in [0.717, 1.165) is 11.1 Å². The van der Waals surface area contributed by atoms with E-state index in [4.69, 9.17) is 16.3 Å². The summed E-state index contributed by atoms with van der Waals surface area (Å²) in [6.07, 6.45) is 4.39. The number of aryl methyl sites for hydroxylation is 1. The van der Waals surface area contributed by atoms with Crippen molar-refractivity contribution in [3.05, 3.63) is 64.9 Å². The first-order valence-corrected chi connectivity index (χ1v) is 7.94. The zero-order valence-corrected chi connectivity index (χ0v) is 14.1. The fraction of sp³-hybridized carbons (Fsp3) is 0.333. The van der Waals surface area contributed by atoms with Gasteiger partial charge in [-0.15, -0.1) is 0 Å². The summed E-state index contributed by atoms with van der Waals surface area (Å²) in [6, 6.07) is 11.2. The molecular weight excluding hydrogens is 312 g/mol. The normalized spacial score (nSPS) is 13.3. The minimum Gasteiger partial charge on any atom is -0.375 e. The van der Waals surface area contributed by atoms with Crippen molar-refractivity contribution in [2.45, 2.75) is 31.9 Å². The maximum atomic E-state index is 12.1. The van der Waals surface area contributed by atoms with Gasteiger partial charge in [-0.1, -0.05) is 23.7 Å². The minimum absolute atomic E-state index is 0.00493.